The summed E-state index contributed by atoms with van der Waals surface area (Å²) < 4.78 is 31.7. The predicted molar refractivity (Wildman–Crippen MR) is 90.5 cm³/mol. The van der Waals surface area contributed by atoms with Gasteiger partial charge in [0.1, 0.15) is 10.4 Å². The molecule has 1 heterocycles. The first-order valence-electron chi connectivity index (χ1n) is 7.68. The fourth-order valence-corrected chi connectivity index (χ4v) is 5.42. The minimum Gasteiger partial charge on any atom is -0.439 e. The average Bonchev–Trinajstić information content (AvgIpc) is 2.80. The lowest BCUT2D eigenvalue weighted by Gasteiger charge is -2.33. The molecule has 0 unspecified atom stereocenters. The van der Waals surface area contributed by atoms with Gasteiger partial charge in [0.2, 0.25) is 5.89 Å². The molecule has 0 aliphatic heterocycles. The number of benzene rings is 1. The number of aromatic nitrogens is 1. The first-order chi connectivity index (χ1) is 10.6. The van der Waals surface area contributed by atoms with Gasteiger partial charge in [-0.25, -0.2) is 13.4 Å². The number of nitrogens with zero attached hydrogens (tertiary/aromatic N) is 1. The van der Waals surface area contributed by atoms with Crippen molar-refractivity contribution in [1.82, 2.24) is 4.98 Å². The Morgan fingerprint density at radius 2 is 2.00 bits per heavy atom. The number of hydrogen-bond acceptors (Lipinski definition) is 5. The third-order valence-corrected chi connectivity index (χ3v) is 7.02. The maximum atomic E-state index is 13.0. The number of fused-ring (bicyclic) bond motifs is 1. The minimum absolute atomic E-state index is 0.0696. The molecule has 1 aliphatic rings. The second-order valence-electron chi connectivity index (χ2n) is 7.23. The summed E-state index contributed by atoms with van der Waals surface area (Å²) in [4.78, 5) is 4.49. The normalized spacial score (nSPS) is 22.3. The maximum absolute atomic E-state index is 13.0. The van der Waals surface area contributed by atoms with Crippen molar-refractivity contribution in [2.75, 3.05) is 6.54 Å². The summed E-state index contributed by atoms with van der Waals surface area (Å²) in [7, 11) is -3.56. The Kier molecular flexibility index (Phi) is 3.98. The molecule has 0 saturated heterocycles. The van der Waals surface area contributed by atoms with E-state index in [9.17, 15) is 8.42 Å². The van der Waals surface area contributed by atoms with Crippen molar-refractivity contribution in [1.29, 1.82) is 0 Å². The van der Waals surface area contributed by atoms with Crippen molar-refractivity contribution < 1.29 is 12.8 Å². The SMILES string of the molecule is CC(C)(C)c1nc2ccc(Cl)c(S(=O)(=O)[C@H]3C[C@H](CN)C3)c2o1. The second kappa shape index (κ2) is 5.46. The van der Waals surface area contributed by atoms with Crippen LogP contribution in [-0.2, 0) is 15.3 Å². The highest BCUT2D eigenvalue weighted by Crippen LogP contribution is 2.41. The van der Waals surface area contributed by atoms with Crippen LogP contribution in [0.5, 0.6) is 0 Å². The quantitative estimate of drug-likeness (QED) is 0.911. The van der Waals surface area contributed by atoms with Gasteiger partial charge >= 0.3 is 0 Å². The molecular formula is C16H21ClN2O3S. The molecule has 3 rings (SSSR count). The highest BCUT2D eigenvalue weighted by molar-refractivity contribution is 7.92. The Balaban J connectivity index is 2.13. The number of rotatable bonds is 3. The molecule has 0 spiro atoms. The molecule has 0 bridgehead atoms. The van der Waals surface area contributed by atoms with Gasteiger partial charge in [0.05, 0.1) is 10.3 Å². The van der Waals surface area contributed by atoms with E-state index >= 15 is 0 Å². The molecule has 1 aliphatic carbocycles. The van der Waals surface area contributed by atoms with Gasteiger partial charge in [-0.15, -0.1) is 0 Å². The summed E-state index contributed by atoms with van der Waals surface area (Å²) >= 11 is 6.22. The molecule has 5 nitrogen and oxygen atoms in total. The zero-order chi connectivity index (χ0) is 17.0. The second-order valence-corrected chi connectivity index (χ2v) is 9.81. The third kappa shape index (κ3) is 2.77. The molecule has 0 atom stereocenters. The highest BCUT2D eigenvalue weighted by atomic mass is 35.5. The lowest BCUT2D eigenvalue weighted by atomic mass is 9.85. The average molecular weight is 357 g/mol. The molecular weight excluding hydrogens is 336 g/mol. The van der Waals surface area contributed by atoms with Gasteiger partial charge in [-0.05, 0) is 37.4 Å². The van der Waals surface area contributed by atoms with Crippen LogP contribution in [0.2, 0.25) is 5.02 Å². The van der Waals surface area contributed by atoms with E-state index in [1.54, 1.807) is 12.1 Å². The first kappa shape index (κ1) is 16.7. The Hall–Kier alpha value is -1.11. The predicted octanol–water partition coefficient (Wildman–Crippen LogP) is 3.29. The lowest BCUT2D eigenvalue weighted by molar-refractivity contribution is 0.324. The standard InChI is InChI=1S/C16H21ClN2O3S/c1-16(2,3)15-19-12-5-4-11(17)14(13(12)22-15)23(20,21)10-6-9(7-10)8-18/h4-5,9-10H,6-8,18H2,1-3H3/t9-,10-. The summed E-state index contributed by atoms with van der Waals surface area (Å²) in [5, 5.41) is -0.257. The fraction of sp³-hybridized carbons (Fsp3) is 0.562. The van der Waals surface area contributed by atoms with E-state index in [1.165, 1.54) is 0 Å². The van der Waals surface area contributed by atoms with Gasteiger partial charge < -0.3 is 10.2 Å². The van der Waals surface area contributed by atoms with Crippen LogP contribution in [0.4, 0.5) is 0 Å². The van der Waals surface area contributed by atoms with E-state index in [1.807, 2.05) is 20.8 Å². The molecule has 126 valence electrons. The van der Waals surface area contributed by atoms with Crippen LogP contribution in [0.1, 0.15) is 39.5 Å². The summed E-state index contributed by atoms with van der Waals surface area (Å²) in [5.74, 6) is 0.771. The monoisotopic (exact) mass is 356 g/mol. The largest absolute Gasteiger partial charge is 0.439 e. The van der Waals surface area contributed by atoms with Crippen molar-refractivity contribution >= 4 is 32.5 Å². The van der Waals surface area contributed by atoms with Gasteiger partial charge in [-0.1, -0.05) is 32.4 Å². The van der Waals surface area contributed by atoms with Gasteiger partial charge in [0.25, 0.3) is 0 Å². The maximum Gasteiger partial charge on any atom is 0.200 e. The van der Waals surface area contributed by atoms with Crippen LogP contribution in [-0.4, -0.2) is 25.2 Å². The molecule has 1 saturated carbocycles. The summed E-state index contributed by atoms with van der Waals surface area (Å²) in [6.07, 6.45) is 1.15. The zero-order valence-electron chi connectivity index (χ0n) is 13.5. The molecule has 7 heteroatoms. The van der Waals surface area contributed by atoms with Crippen LogP contribution in [0, 0.1) is 5.92 Å². The van der Waals surface area contributed by atoms with Gasteiger partial charge in [0.15, 0.2) is 15.4 Å². The smallest absolute Gasteiger partial charge is 0.200 e. The van der Waals surface area contributed by atoms with Crippen molar-refractivity contribution in [3.05, 3.63) is 23.0 Å². The molecule has 2 aromatic rings. The molecule has 23 heavy (non-hydrogen) atoms. The van der Waals surface area contributed by atoms with Gasteiger partial charge in [-0.3, -0.25) is 0 Å². The fourth-order valence-electron chi connectivity index (χ4n) is 2.82. The van der Waals surface area contributed by atoms with Crippen molar-refractivity contribution in [2.24, 2.45) is 11.7 Å². The number of sulfone groups is 1. The van der Waals surface area contributed by atoms with Crippen molar-refractivity contribution in [3.63, 3.8) is 0 Å². The van der Waals surface area contributed by atoms with Gasteiger partial charge in [-0.2, -0.15) is 0 Å². The van der Waals surface area contributed by atoms with Gasteiger partial charge in [0, 0.05) is 5.41 Å². The molecule has 2 N–H and O–H groups in total. The van der Waals surface area contributed by atoms with E-state index in [0.717, 1.165) is 0 Å². The van der Waals surface area contributed by atoms with E-state index in [4.69, 9.17) is 21.8 Å². The zero-order valence-corrected chi connectivity index (χ0v) is 15.0. The van der Waals surface area contributed by atoms with Crippen LogP contribution in [0.3, 0.4) is 0 Å². The Morgan fingerprint density at radius 1 is 1.35 bits per heavy atom. The third-order valence-electron chi connectivity index (χ3n) is 4.35. The minimum atomic E-state index is -3.56. The lowest BCUT2D eigenvalue weighted by Crippen LogP contribution is -2.39. The van der Waals surface area contributed by atoms with E-state index < -0.39 is 15.1 Å². The Bertz CT molecular complexity index is 846. The number of halogens is 1. The van der Waals surface area contributed by atoms with E-state index in [-0.39, 0.29) is 26.8 Å². The van der Waals surface area contributed by atoms with Crippen LogP contribution in [0.15, 0.2) is 21.4 Å². The summed E-state index contributed by atoms with van der Waals surface area (Å²) in [5.41, 5.74) is 6.07. The molecule has 1 fully saturated rings. The first-order valence-corrected chi connectivity index (χ1v) is 9.60. The van der Waals surface area contributed by atoms with Crippen LogP contribution in [0.25, 0.3) is 11.1 Å². The summed E-state index contributed by atoms with van der Waals surface area (Å²) in [6, 6.07) is 3.27. The topological polar surface area (TPSA) is 86.2 Å². The van der Waals surface area contributed by atoms with Crippen LogP contribution >= 0.6 is 11.6 Å². The Morgan fingerprint density at radius 3 is 2.57 bits per heavy atom. The number of hydrogen-bond donors (Lipinski definition) is 1. The van der Waals surface area contributed by atoms with Crippen molar-refractivity contribution in [2.45, 2.75) is 49.2 Å². The van der Waals surface area contributed by atoms with E-state index in [2.05, 4.69) is 4.98 Å². The Labute approximate surface area is 141 Å². The van der Waals surface area contributed by atoms with Crippen molar-refractivity contribution in [3.8, 4) is 0 Å². The summed E-state index contributed by atoms with van der Waals surface area (Å²) in [6.45, 7) is 6.41. The molecule has 1 aromatic heterocycles. The molecule has 1 aromatic carbocycles. The van der Waals surface area contributed by atoms with Crippen LogP contribution < -0.4 is 5.73 Å². The van der Waals surface area contributed by atoms with E-state index in [0.29, 0.717) is 30.8 Å². The number of nitrogens with two attached hydrogens (primary N) is 1. The molecule has 0 radical (unpaired) electrons. The number of oxazole rings is 1. The highest BCUT2D eigenvalue weighted by Gasteiger charge is 2.41. The molecule has 0 amide bonds.